The zero-order chi connectivity index (χ0) is 10.9. The van der Waals surface area contributed by atoms with Crippen LogP contribution in [0.25, 0.3) is 0 Å². The van der Waals surface area contributed by atoms with Crippen LogP contribution in [0.2, 0.25) is 0 Å². The Labute approximate surface area is 78.9 Å². The second-order valence-electron chi connectivity index (χ2n) is 3.11. The fraction of sp³-hybridized carbons (Fsp3) is 0.571. The minimum atomic E-state index is -1.35. The normalized spacial score (nSPS) is 28.2. The number of nitrogens with two attached hydrogens (primary N) is 1. The summed E-state index contributed by atoms with van der Waals surface area (Å²) in [4.78, 5) is 32.1. The summed E-state index contributed by atoms with van der Waals surface area (Å²) in [6.07, 6.45) is -0.0817. The lowest BCUT2D eigenvalue weighted by Crippen LogP contribution is -2.41. The summed E-state index contributed by atoms with van der Waals surface area (Å²) in [5.74, 6) is -4.07. The first-order valence-corrected chi connectivity index (χ1v) is 3.95. The van der Waals surface area contributed by atoms with E-state index in [1.807, 2.05) is 0 Å². The number of amides is 1. The third kappa shape index (κ3) is 1.82. The highest BCUT2D eigenvalue weighted by atomic mass is 16.4. The number of aliphatic carboxylic acids is 2. The highest BCUT2D eigenvalue weighted by Crippen LogP contribution is 2.18. The minimum absolute atomic E-state index is 0.0817. The molecule has 1 rings (SSSR count). The summed E-state index contributed by atoms with van der Waals surface area (Å²) in [7, 11) is 0. The molecule has 0 bridgehead atoms. The van der Waals surface area contributed by atoms with Gasteiger partial charge in [-0.05, 0) is 6.42 Å². The van der Waals surface area contributed by atoms with Gasteiger partial charge in [-0.15, -0.1) is 0 Å². The monoisotopic (exact) mass is 202 g/mol. The Morgan fingerprint density at radius 3 is 2.43 bits per heavy atom. The molecule has 0 unspecified atom stereocenters. The van der Waals surface area contributed by atoms with Crippen LogP contribution in [-0.4, -0.2) is 40.1 Å². The van der Waals surface area contributed by atoms with Crippen LogP contribution in [0.5, 0.6) is 0 Å². The van der Waals surface area contributed by atoms with Crippen molar-refractivity contribution < 1.29 is 24.6 Å². The summed E-state index contributed by atoms with van der Waals surface area (Å²) >= 11 is 0. The molecule has 0 aromatic carbocycles. The van der Waals surface area contributed by atoms with Crippen molar-refractivity contribution in [3.63, 3.8) is 0 Å². The Hall–Kier alpha value is -1.63. The van der Waals surface area contributed by atoms with Crippen LogP contribution in [0.15, 0.2) is 0 Å². The lowest BCUT2D eigenvalue weighted by Gasteiger charge is -2.10. The number of carboxylic acid groups (broad SMARTS) is 2. The molecule has 1 saturated heterocycles. The summed E-state index contributed by atoms with van der Waals surface area (Å²) < 4.78 is 0. The summed E-state index contributed by atoms with van der Waals surface area (Å²) in [6.45, 7) is 0. The van der Waals surface area contributed by atoms with Gasteiger partial charge in [0.1, 0.15) is 12.1 Å². The molecule has 1 aliphatic rings. The molecular formula is C7H10N2O5. The van der Waals surface area contributed by atoms with Crippen molar-refractivity contribution in [2.45, 2.75) is 18.5 Å². The number of carbonyl (C=O) groups excluding carboxylic acids is 1. The van der Waals surface area contributed by atoms with Gasteiger partial charge in [-0.1, -0.05) is 0 Å². The van der Waals surface area contributed by atoms with Gasteiger partial charge in [-0.25, -0.2) is 4.79 Å². The Bertz CT molecular complexity index is 290. The van der Waals surface area contributed by atoms with Crippen LogP contribution >= 0.6 is 0 Å². The molecule has 1 fully saturated rings. The van der Waals surface area contributed by atoms with E-state index in [0.717, 1.165) is 0 Å². The van der Waals surface area contributed by atoms with Crippen LogP contribution in [0, 0.1) is 5.92 Å². The predicted octanol–water partition coefficient (Wildman–Crippen LogP) is -2.01. The Kier molecular flexibility index (Phi) is 2.70. The van der Waals surface area contributed by atoms with Crippen LogP contribution in [0.4, 0.5) is 0 Å². The van der Waals surface area contributed by atoms with Crippen molar-refractivity contribution in [1.29, 1.82) is 0 Å². The van der Waals surface area contributed by atoms with Crippen molar-refractivity contribution in [2.75, 3.05) is 0 Å². The van der Waals surface area contributed by atoms with Crippen molar-refractivity contribution in [2.24, 2.45) is 11.7 Å². The molecule has 78 valence electrons. The zero-order valence-corrected chi connectivity index (χ0v) is 7.14. The van der Waals surface area contributed by atoms with Crippen molar-refractivity contribution in [3.8, 4) is 0 Å². The first-order chi connectivity index (χ1) is 6.43. The third-order valence-corrected chi connectivity index (χ3v) is 2.16. The topological polar surface area (TPSA) is 130 Å². The highest BCUT2D eigenvalue weighted by Gasteiger charge is 2.41. The molecule has 1 aliphatic heterocycles. The SMILES string of the molecule is N[C@H](C(=O)O)[C@H]1C[C@H](C(=O)O)NC1=O. The lowest BCUT2D eigenvalue weighted by atomic mass is 9.97. The molecule has 5 N–H and O–H groups in total. The molecule has 3 atom stereocenters. The second kappa shape index (κ2) is 3.62. The number of hydrogen-bond donors (Lipinski definition) is 4. The third-order valence-electron chi connectivity index (χ3n) is 2.16. The van der Waals surface area contributed by atoms with E-state index < -0.39 is 35.8 Å². The van der Waals surface area contributed by atoms with Gasteiger partial charge in [0.2, 0.25) is 5.91 Å². The van der Waals surface area contributed by atoms with E-state index in [0.29, 0.717) is 0 Å². The van der Waals surface area contributed by atoms with E-state index in [-0.39, 0.29) is 6.42 Å². The molecule has 0 aliphatic carbocycles. The molecule has 7 heteroatoms. The summed E-state index contributed by atoms with van der Waals surface area (Å²) in [5.41, 5.74) is 5.22. The van der Waals surface area contributed by atoms with Crippen molar-refractivity contribution in [1.82, 2.24) is 5.32 Å². The van der Waals surface area contributed by atoms with E-state index in [2.05, 4.69) is 5.32 Å². The first kappa shape index (κ1) is 10.5. The van der Waals surface area contributed by atoms with Crippen LogP contribution in [-0.2, 0) is 14.4 Å². The molecule has 0 saturated carbocycles. The highest BCUT2D eigenvalue weighted by molar-refractivity contribution is 5.92. The lowest BCUT2D eigenvalue weighted by molar-refractivity contribution is -0.142. The molecule has 1 heterocycles. The quantitative estimate of drug-likeness (QED) is 0.418. The van der Waals surface area contributed by atoms with Gasteiger partial charge in [0.15, 0.2) is 0 Å². The summed E-state index contributed by atoms with van der Waals surface area (Å²) in [5, 5.41) is 19.3. The van der Waals surface area contributed by atoms with Gasteiger partial charge in [0.05, 0.1) is 5.92 Å². The average molecular weight is 202 g/mol. The van der Waals surface area contributed by atoms with Gasteiger partial charge in [-0.3, -0.25) is 9.59 Å². The maximum atomic E-state index is 11.1. The van der Waals surface area contributed by atoms with Gasteiger partial charge >= 0.3 is 11.9 Å². The molecule has 7 nitrogen and oxygen atoms in total. The largest absolute Gasteiger partial charge is 0.480 e. The molecule has 1 amide bonds. The molecule has 14 heavy (non-hydrogen) atoms. The number of hydrogen-bond acceptors (Lipinski definition) is 4. The standard InChI is InChI=1S/C7H10N2O5/c8-4(7(13)14)2-1-3(6(11)12)9-5(2)10/h2-4H,1,8H2,(H,9,10)(H,11,12)(H,13,14)/t2-,3-,4+/m1/s1. The zero-order valence-electron chi connectivity index (χ0n) is 7.14. The van der Waals surface area contributed by atoms with E-state index in [1.165, 1.54) is 0 Å². The molecule has 0 spiro atoms. The summed E-state index contributed by atoms with van der Waals surface area (Å²) in [6, 6.07) is -2.38. The van der Waals surface area contributed by atoms with Crippen LogP contribution in [0.1, 0.15) is 6.42 Å². The van der Waals surface area contributed by atoms with E-state index in [4.69, 9.17) is 15.9 Å². The smallest absolute Gasteiger partial charge is 0.326 e. The van der Waals surface area contributed by atoms with Gasteiger partial charge in [0, 0.05) is 0 Å². The first-order valence-electron chi connectivity index (χ1n) is 3.95. The molecule has 0 aromatic rings. The van der Waals surface area contributed by atoms with Gasteiger partial charge in [-0.2, -0.15) is 0 Å². The number of rotatable bonds is 3. The Morgan fingerprint density at radius 2 is 2.07 bits per heavy atom. The second-order valence-corrected chi connectivity index (χ2v) is 3.11. The predicted molar refractivity (Wildman–Crippen MR) is 43.3 cm³/mol. The van der Waals surface area contributed by atoms with Gasteiger partial charge in [0.25, 0.3) is 0 Å². The van der Waals surface area contributed by atoms with E-state index in [9.17, 15) is 14.4 Å². The molecule has 0 radical (unpaired) electrons. The van der Waals surface area contributed by atoms with E-state index >= 15 is 0 Å². The molecule has 0 aromatic heterocycles. The Balaban J connectivity index is 2.70. The number of nitrogens with one attached hydrogen (secondary N) is 1. The molecular weight excluding hydrogens is 192 g/mol. The minimum Gasteiger partial charge on any atom is -0.480 e. The maximum absolute atomic E-state index is 11.1. The average Bonchev–Trinajstić information content (AvgIpc) is 2.46. The Morgan fingerprint density at radius 1 is 1.50 bits per heavy atom. The van der Waals surface area contributed by atoms with Crippen molar-refractivity contribution in [3.05, 3.63) is 0 Å². The number of carbonyl (C=O) groups is 3. The van der Waals surface area contributed by atoms with Crippen LogP contribution in [0.3, 0.4) is 0 Å². The van der Waals surface area contributed by atoms with Crippen LogP contribution < -0.4 is 11.1 Å². The van der Waals surface area contributed by atoms with E-state index in [1.54, 1.807) is 0 Å². The van der Waals surface area contributed by atoms with Crippen molar-refractivity contribution >= 4 is 17.8 Å². The fourth-order valence-corrected chi connectivity index (χ4v) is 1.34. The fourth-order valence-electron chi connectivity index (χ4n) is 1.34. The number of carboxylic acids is 2. The maximum Gasteiger partial charge on any atom is 0.326 e. The van der Waals surface area contributed by atoms with Gasteiger partial charge < -0.3 is 21.3 Å².